The van der Waals surface area contributed by atoms with E-state index in [0.717, 1.165) is 65.0 Å². The minimum absolute atomic E-state index is 0.151. The third kappa shape index (κ3) is 5.06. The van der Waals surface area contributed by atoms with Crippen LogP contribution in [-0.2, 0) is 11.3 Å². The van der Waals surface area contributed by atoms with E-state index in [-0.39, 0.29) is 18.0 Å². The normalized spacial score (nSPS) is 16.2. The van der Waals surface area contributed by atoms with Crippen LogP contribution in [0.1, 0.15) is 58.9 Å². The van der Waals surface area contributed by atoms with Gasteiger partial charge in [-0.1, -0.05) is 12.8 Å². The number of nitrogens with zero attached hydrogens (tertiary/aromatic N) is 4. The molecule has 202 valence electrons. The van der Waals surface area contributed by atoms with Crippen molar-refractivity contribution in [1.82, 2.24) is 25.1 Å². The van der Waals surface area contributed by atoms with Gasteiger partial charge in [0.05, 0.1) is 36.5 Å². The second-order valence-corrected chi connectivity index (χ2v) is 10.6. The highest BCUT2D eigenvalue weighted by Gasteiger charge is 2.23. The van der Waals surface area contributed by atoms with E-state index in [2.05, 4.69) is 32.0 Å². The average Bonchev–Trinajstić information content (AvgIpc) is 3.62. The lowest BCUT2D eigenvalue weighted by atomic mass is 10.00. The Morgan fingerprint density at radius 2 is 1.87 bits per heavy atom. The molecule has 2 aliphatic rings. The minimum atomic E-state index is -0.231. The number of hydrogen-bond donors (Lipinski definition) is 2. The zero-order valence-corrected chi connectivity index (χ0v) is 22.5. The van der Waals surface area contributed by atoms with Crippen molar-refractivity contribution in [2.75, 3.05) is 31.2 Å². The van der Waals surface area contributed by atoms with Crippen LogP contribution in [0, 0.1) is 13.8 Å². The standard InChI is InChI=1S/C30H34N6O3/c1-19-13-20(2)34-30(38)25(19)17-32-29(37)24-14-22(15-27-26(24)18-33-36(27)23-5-3-4-6-23)21-7-8-28(31-16-21)35-9-11-39-12-10-35/h7-8,13-16,18,23H,3-6,9-12,17H2,1-2H3,(H,32,37)(H,34,38). The molecule has 0 atom stereocenters. The highest BCUT2D eigenvalue weighted by molar-refractivity contribution is 6.08. The molecule has 1 saturated heterocycles. The Morgan fingerprint density at radius 1 is 1.08 bits per heavy atom. The number of fused-ring (bicyclic) bond motifs is 1. The van der Waals surface area contributed by atoms with Gasteiger partial charge in [-0.25, -0.2) is 4.98 Å². The van der Waals surface area contributed by atoms with E-state index in [1.54, 1.807) is 6.20 Å². The summed E-state index contributed by atoms with van der Waals surface area (Å²) in [5.74, 6) is 0.695. The Hall–Kier alpha value is -3.98. The molecule has 0 spiro atoms. The number of aryl methyl sites for hydroxylation is 2. The molecule has 0 bridgehead atoms. The van der Waals surface area contributed by atoms with E-state index in [0.29, 0.717) is 30.4 Å². The minimum Gasteiger partial charge on any atom is -0.378 e. The van der Waals surface area contributed by atoms with Gasteiger partial charge in [-0.2, -0.15) is 5.10 Å². The highest BCUT2D eigenvalue weighted by Crippen LogP contribution is 2.35. The summed E-state index contributed by atoms with van der Waals surface area (Å²) in [4.78, 5) is 35.9. The first kappa shape index (κ1) is 25.3. The smallest absolute Gasteiger partial charge is 0.253 e. The number of pyridine rings is 2. The molecule has 9 heteroatoms. The third-order valence-corrected chi connectivity index (χ3v) is 7.97. The molecule has 3 aromatic heterocycles. The van der Waals surface area contributed by atoms with Gasteiger partial charge in [-0.15, -0.1) is 0 Å². The molecule has 9 nitrogen and oxygen atoms in total. The number of rotatable bonds is 6. The van der Waals surface area contributed by atoms with Crippen molar-refractivity contribution < 1.29 is 9.53 Å². The van der Waals surface area contributed by atoms with Gasteiger partial charge < -0.3 is 19.9 Å². The number of nitrogens with one attached hydrogen (secondary N) is 2. The molecule has 0 radical (unpaired) electrons. The zero-order chi connectivity index (χ0) is 26.9. The maximum absolute atomic E-state index is 13.6. The predicted octanol–water partition coefficient (Wildman–Crippen LogP) is 4.29. The first-order chi connectivity index (χ1) is 19.0. The molecule has 2 fully saturated rings. The van der Waals surface area contributed by atoms with Crippen LogP contribution in [-0.4, -0.2) is 52.0 Å². The van der Waals surface area contributed by atoms with E-state index in [1.165, 1.54) is 12.8 Å². The SMILES string of the molecule is Cc1cc(C)c(CNC(=O)c2cc(-c3ccc(N4CCOCC4)nc3)cc3c2cnn3C2CCCC2)c(=O)[nH]1. The Kier molecular flexibility index (Phi) is 6.91. The van der Waals surface area contributed by atoms with Crippen molar-refractivity contribution >= 4 is 22.6 Å². The lowest BCUT2D eigenvalue weighted by molar-refractivity contribution is 0.0952. The molecule has 1 saturated carbocycles. The number of H-pyrrole nitrogens is 1. The van der Waals surface area contributed by atoms with Gasteiger partial charge in [0, 0.05) is 48.0 Å². The van der Waals surface area contributed by atoms with Crippen molar-refractivity contribution in [3.8, 4) is 11.1 Å². The van der Waals surface area contributed by atoms with Crippen molar-refractivity contribution in [3.63, 3.8) is 0 Å². The van der Waals surface area contributed by atoms with Gasteiger partial charge in [0.2, 0.25) is 0 Å². The number of carbonyl (C=O) groups excluding carboxylic acids is 1. The second kappa shape index (κ2) is 10.6. The number of morpholine rings is 1. The van der Waals surface area contributed by atoms with Crippen molar-refractivity contribution in [2.45, 2.75) is 52.1 Å². The quantitative estimate of drug-likeness (QED) is 0.389. The van der Waals surface area contributed by atoms with Gasteiger partial charge in [-0.3, -0.25) is 14.3 Å². The number of hydrogen-bond acceptors (Lipinski definition) is 6. The summed E-state index contributed by atoms with van der Waals surface area (Å²) >= 11 is 0. The lowest BCUT2D eigenvalue weighted by Gasteiger charge is -2.27. The van der Waals surface area contributed by atoms with Crippen LogP contribution in [0.5, 0.6) is 0 Å². The number of aromatic amines is 1. The Morgan fingerprint density at radius 3 is 2.59 bits per heavy atom. The Balaban J connectivity index is 1.36. The van der Waals surface area contributed by atoms with Crippen LogP contribution in [0.4, 0.5) is 5.82 Å². The number of ether oxygens (including phenoxy) is 1. The third-order valence-electron chi connectivity index (χ3n) is 7.97. The number of carbonyl (C=O) groups is 1. The van der Waals surface area contributed by atoms with E-state index >= 15 is 0 Å². The van der Waals surface area contributed by atoms with Crippen LogP contribution in [0.25, 0.3) is 22.0 Å². The van der Waals surface area contributed by atoms with E-state index in [9.17, 15) is 9.59 Å². The molecule has 1 aromatic carbocycles. The molecular weight excluding hydrogens is 492 g/mol. The summed E-state index contributed by atoms with van der Waals surface area (Å²) in [7, 11) is 0. The molecule has 4 aromatic rings. The molecule has 1 aliphatic carbocycles. The Labute approximate surface area is 227 Å². The van der Waals surface area contributed by atoms with Gasteiger partial charge in [0.1, 0.15) is 5.82 Å². The summed E-state index contributed by atoms with van der Waals surface area (Å²) in [6, 6.07) is 10.4. The molecule has 0 unspecified atom stereocenters. The fraction of sp³-hybridized carbons (Fsp3) is 0.400. The van der Waals surface area contributed by atoms with Gasteiger partial charge >= 0.3 is 0 Å². The fourth-order valence-corrected chi connectivity index (χ4v) is 5.84. The maximum Gasteiger partial charge on any atom is 0.253 e. The largest absolute Gasteiger partial charge is 0.378 e. The van der Waals surface area contributed by atoms with Gasteiger partial charge in [-0.05, 0) is 68.1 Å². The number of aromatic nitrogens is 4. The van der Waals surface area contributed by atoms with E-state index < -0.39 is 0 Å². The number of benzene rings is 1. The molecule has 2 N–H and O–H groups in total. The molecule has 6 rings (SSSR count). The van der Waals surface area contributed by atoms with Gasteiger partial charge in [0.15, 0.2) is 0 Å². The van der Waals surface area contributed by atoms with Crippen molar-refractivity contribution in [2.24, 2.45) is 0 Å². The fourth-order valence-electron chi connectivity index (χ4n) is 5.84. The Bertz CT molecular complexity index is 1560. The summed E-state index contributed by atoms with van der Waals surface area (Å²) in [6.45, 7) is 6.96. The summed E-state index contributed by atoms with van der Waals surface area (Å²) in [5, 5.41) is 8.54. The first-order valence-corrected chi connectivity index (χ1v) is 13.8. The second-order valence-electron chi connectivity index (χ2n) is 10.6. The summed E-state index contributed by atoms with van der Waals surface area (Å²) < 4.78 is 7.56. The first-order valence-electron chi connectivity index (χ1n) is 13.8. The molecular formula is C30H34N6O3. The molecule has 39 heavy (non-hydrogen) atoms. The molecule has 1 aliphatic heterocycles. The maximum atomic E-state index is 13.6. The van der Waals surface area contributed by atoms with Crippen molar-refractivity contribution in [1.29, 1.82) is 0 Å². The highest BCUT2D eigenvalue weighted by atomic mass is 16.5. The van der Waals surface area contributed by atoms with Crippen LogP contribution in [0.3, 0.4) is 0 Å². The van der Waals surface area contributed by atoms with E-state index in [1.807, 2.05) is 38.2 Å². The van der Waals surface area contributed by atoms with Crippen LogP contribution in [0.2, 0.25) is 0 Å². The average molecular weight is 527 g/mol. The van der Waals surface area contributed by atoms with E-state index in [4.69, 9.17) is 14.8 Å². The predicted molar refractivity (Wildman–Crippen MR) is 151 cm³/mol. The number of amides is 1. The molecule has 1 amide bonds. The van der Waals surface area contributed by atoms with Crippen LogP contribution < -0.4 is 15.8 Å². The van der Waals surface area contributed by atoms with Crippen molar-refractivity contribution in [3.05, 3.63) is 75.5 Å². The zero-order valence-electron chi connectivity index (χ0n) is 22.5. The lowest BCUT2D eigenvalue weighted by Crippen LogP contribution is -2.36. The van der Waals surface area contributed by atoms with Crippen LogP contribution >= 0.6 is 0 Å². The monoisotopic (exact) mass is 526 g/mol. The number of anilines is 1. The van der Waals surface area contributed by atoms with Gasteiger partial charge in [0.25, 0.3) is 11.5 Å². The summed E-state index contributed by atoms with van der Waals surface area (Å²) in [6.07, 6.45) is 8.24. The topological polar surface area (TPSA) is 105 Å². The van der Waals surface area contributed by atoms with Crippen LogP contribution in [0.15, 0.2) is 47.5 Å². The molecule has 4 heterocycles. The summed E-state index contributed by atoms with van der Waals surface area (Å²) in [5.41, 5.74) is 5.39.